The van der Waals surface area contributed by atoms with Crippen molar-refractivity contribution in [2.45, 2.75) is 57.5 Å². The molecule has 0 aliphatic carbocycles. The fourth-order valence-electron chi connectivity index (χ4n) is 4.07. The molecule has 0 heterocycles. The molecular formula is C30H35Cl2N3O4S. The quantitative estimate of drug-likeness (QED) is 0.280. The van der Waals surface area contributed by atoms with Crippen molar-refractivity contribution >= 4 is 50.7 Å². The van der Waals surface area contributed by atoms with Gasteiger partial charge in [-0.25, -0.2) is 8.42 Å². The van der Waals surface area contributed by atoms with Gasteiger partial charge in [-0.3, -0.25) is 13.9 Å². The summed E-state index contributed by atoms with van der Waals surface area (Å²) >= 11 is 12.7. The molecule has 1 N–H and O–H groups in total. The zero-order valence-electron chi connectivity index (χ0n) is 23.1. The Kier molecular flexibility index (Phi) is 11.0. The molecule has 3 aromatic rings. The van der Waals surface area contributed by atoms with Gasteiger partial charge in [0, 0.05) is 12.6 Å². The zero-order valence-corrected chi connectivity index (χ0v) is 25.4. The van der Waals surface area contributed by atoms with Crippen LogP contribution in [0.2, 0.25) is 10.0 Å². The molecule has 0 fully saturated rings. The summed E-state index contributed by atoms with van der Waals surface area (Å²) in [7, 11) is -4.23. The molecule has 0 spiro atoms. The zero-order chi connectivity index (χ0) is 29.4. The van der Waals surface area contributed by atoms with Gasteiger partial charge in [0.25, 0.3) is 10.0 Å². The van der Waals surface area contributed by atoms with Gasteiger partial charge in [-0.1, -0.05) is 84.2 Å². The number of hydrogen-bond donors (Lipinski definition) is 1. The molecule has 0 saturated heterocycles. The highest BCUT2D eigenvalue weighted by molar-refractivity contribution is 7.92. The van der Waals surface area contributed by atoms with Crippen molar-refractivity contribution in [1.82, 2.24) is 10.2 Å². The van der Waals surface area contributed by atoms with Gasteiger partial charge in [0.05, 0.1) is 20.6 Å². The third-order valence-corrected chi connectivity index (χ3v) is 9.32. The van der Waals surface area contributed by atoms with Crippen molar-refractivity contribution < 1.29 is 18.0 Å². The lowest BCUT2D eigenvalue weighted by Gasteiger charge is -2.32. The van der Waals surface area contributed by atoms with E-state index in [9.17, 15) is 18.0 Å². The van der Waals surface area contributed by atoms with Crippen LogP contribution < -0.4 is 9.62 Å². The summed E-state index contributed by atoms with van der Waals surface area (Å²) in [5.41, 5.74) is 1.94. The lowest BCUT2D eigenvalue weighted by Crippen LogP contribution is -2.53. The molecular weight excluding hydrogens is 569 g/mol. The van der Waals surface area contributed by atoms with Crippen LogP contribution in [0.3, 0.4) is 0 Å². The number of nitrogens with one attached hydrogen (secondary N) is 1. The monoisotopic (exact) mass is 603 g/mol. The maximum atomic E-state index is 13.9. The van der Waals surface area contributed by atoms with Crippen LogP contribution >= 0.6 is 23.2 Å². The van der Waals surface area contributed by atoms with Crippen molar-refractivity contribution in [3.05, 3.63) is 94.0 Å². The van der Waals surface area contributed by atoms with Gasteiger partial charge in [-0.15, -0.1) is 0 Å². The second kappa shape index (κ2) is 14.0. The molecule has 0 unspecified atom stereocenters. The van der Waals surface area contributed by atoms with E-state index in [-0.39, 0.29) is 39.1 Å². The standard InChI is InChI=1S/C30H35Cl2N3O4S/c1-5-22(3)33-30(37)23(4)34(19-18-24-10-7-6-8-11-24)28(36)20-35(27-13-9-12-26(31)29(27)32)40(38,39)25-16-14-21(2)15-17-25/h6-17,22-23H,5,18-20H2,1-4H3,(H,33,37)/t22-,23-/m1/s1. The second-order valence-corrected chi connectivity index (χ2v) is 12.4. The summed E-state index contributed by atoms with van der Waals surface area (Å²) in [5.74, 6) is -0.862. The predicted octanol–water partition coefficient (Wildman–Crippen LogP) is 5.87. The van der Waals surface area contributed by atoms with E-state index >= 15 is 0 Å². The molecule has 0 bridgehead atoms. The van der Waals surface area contributed by atoms with E-state index in [0.29, 0.717) is 6.42 Å². The van der Waals surface area contributed by atoms with Crippen LogP contribution in [0.1, 0.15) is 38.3 Å². The van der Waals surface area contributed by atoms with Crippen molar-refractivity contribution in [2.24, 2.45) is 0 Å². The number of nitrogens with zero attached hydrogens (tertiary/aromatic N) is 2. The van der Waals surface area contributed by atoms with Gasteiger partial charge >= 0.3 is 0 Å². The van der Waals surface area contributed by atoms with E-state index in [1.165, 1.54) is 23.1 Å². The van der Waals surface area contributed by atoms with E-state index < -0.39 is 28.5 Å². The number of rotatable bonds is 12. The van der Waals surface area contributed by atoms with Crippen LogP contribution in [0.5, 0.6) is 0 Å². The van der Waals surface area contributed by atoms with Gasteiger partial charge in [0.1, 0.15) is 12.6 Å². The number of carbonyl (C=O) groups excluding carboxylic acids is 2. The van der Waals surface area contributed by atoms with Gasteiger partial charge in [-0.2, -0.15) is 0 Å². The van der Waals surface area contributed by atoms with Crippen molar-refractivity contribution in [3.63, 3.8) is 0 Å². The van der Waals surface area contributed by atoms with Crippen LogP contribution in [-0.4, -0.2) is 50.3 Å². The molecule has 214 valence electrons. The van der Waals surface area contributed by atoms with Gasteiger partial charge in [0.15, 0.2) is 0 Å². The summed E-state index contributed by atoms with van der Waals surface area (Å²) in [6, 6.07) is 19.6. The largest absolute Gasteiger partial charge is 0.352 e. The average Bonchev–Trinajstić information content (AvgIpc) is 2.94. The Labute approximate surface area is 247 Å². The molecule has 3 aromatic carbocycles. The highest BCUT2D eigenvalue weighted by Gasteiger charge is 2.33. The number of aryl methyl sites for hydroxylation is 1. The SMILES string of the molecule is CC[C@@H](C)NC(=O)[C@@H](C)N(CCc1ccccc1)C(=O)CN(c1cccc(Cl)c1Cl)S(=O)(=O)c1ccc(C)cc1. The average molecular weight is 605 g/mol. The lowest BCUT2D eigenvalue weighted by molar-refractivity contribution is -0.139. The van der Waals surface area contributed by atoms with Gasteiger partial charge < -0.3 is 10.2 Å². The summed E-state index contributed by atoms with van der Waals surface area (Å²) in [5, 5.41) is 3.08. The molecule has 2 amide bonds. The Morgan fingerprint density at radius 1 is 0.925 bits per heavy atom. The number of sulfonamides is 1. The number of amides is 2. The second-order valence-electron chi connectivity index (χ2n) is 9.71. The molecule has 0 saturated carbocycles. The highest BCUT2D eigenvalue weighted by atomic mass is 35.5. The van der Waals surface area contributed by atoms with Crippen LogP contribution in [0.15, 0.2) is 77.7 Å². The Morgan fingerprint density at radius 3 is 2.20 bits per heavy atom. The maximum Gasteiger partial charge on any atom is 0.264 e. The molecule has 0 aliphatic heterocycles. The number of benzene rings is 3. The first-order valence-electron chi connectivity index (χ1n) is 13.1. The number of anilines is 1. The third-order valence-electron chi connectivity index (χ3n) is 6.74. The van der Waals surface area contributed by atoms with E-state index in [1.54, 1.807) is 31.2 Å². The predicted molar refractivity (Wildman–Crippen MR) is 161 cm³/mol. The smallest absolute Gasteiger partial charge is 0.264 e. The van der Waals surface area contributed by atoms with E-state index in [4.69, 9.17) is 23.2 Å². The minimum absolute atomic E-state index is 0.000315. The van der Waals surface area contributed by atoms with Gasteiger partial charge in [0.2, 0.25) is 11.8 Å². The van der Waals surface area contributed by atoms with Crippen LogP contribution in [0, 0.1) is 6.92 Å². The molecule has 2 atom stereocenters. The Morgan fingerprint density at radius 2 is 1.57 bits per heavy atom. The number of hydrogen-bond acceptors (Lipinski definition) is 4. The normalized spacial score (nSPS) is 12.8. The molecule has 0 radical (unpaired) electrons. The van der Waals surface area contributed by atoms with Crippen molar-refractivity contribution in [1.29, 1.82) is 0 Å². The van der Waals surface area contributed by atoms with Crippen LogP contribution in [0.4, 0.5) is 5.69 Å². The summed E-state index contributed by atoms with van der Waals surface area (Å²) < 4.78 is 28.8. The topological polar surface area (TPSA) is 86.8 Å². The molecule has 0 aliphatic rings. The maximum absolute atomic E-state index is 13.9. The Bertz CT molecular complexity index is 1420. The minimum Gasteiger partial charge on any atom is -0.352 e. The third kappa shape index (κ3) is 7.77. The van der Waals surface area contributed by atoms with Crippen LogP contribution in [-0.2, 0) is 26.0 Å². The fourth-order valence-corrected chi connectivity index (χ4v) is 5.95. The van der Waals surface area contributed by atoms with Crippen molar-refractivity contribution in [3.8, 4) is 0 Å². The number of halogens is 2. The van der Waals surface area contributed by atoms with E-state index in [2.05, 4.69) is 5.32 Å². The molecule has 3 rings (SSSR count). The fraction of sp³-hybridized carbons (Fsp3) is 0.333. The highest BCUT2D eigenvalue weighted by Crippen LogP contribution is 2.35. The molecule has 10 heteroatoms. The van der Waals surface area contributed by atoms with Crippen molar-refractivity contribution in [2.75, 3.05) is 17.4 Å². The summed E-state index contributed by atoms with van der Waals surface area (Å²) in [4.78, 5) is 28.5. The number of carbonyl (C=O) groups is 2. The first-order chi connectivity index (χ1) is 18.9. The summed E-state index contributed by atoms with van der Waals surface area (Å²) in [6.07, 6.45) is 1.21. The van der Waals surface area contributed by atoms with E-state index in [0.717, 1.165) is 21.9 Å². The first-order valence-corrected chi connectivity index (χ1v) is 15.3. The molecule has 40 heavy (non-hydrogen) atoms. The van der Waals surface area contributed by atoms with Gasteiger partial charge in [-0.05, 0) is 63.4 Å². The lowest BCUT2D eigenvalue weighted by atomic mass is 10.1. The van der Waals surface area contributed by atoms with Crippen LogP contribution in [0.25, 0.3) is 0 Å². The Hall–Kier alpha value is -3.07. The first kappa shape index (κ1) is 31.5. The summed E-state index contributed by atoms with van der Waals surface area (Å²) in [6.45, 7) is 6.97. The Balaban J connectivity index is 2.01. The molecule has 7 nitrogen and oxygen atoms in total. The van der Waals surface area contributed by atoms with E-state index in [1.807, 2.05) is 51.1 Å². The molecule has 0 aromatic heterocycles. The minimum atomic E-state index is -4.23.